The van der Waals surface area contributed by atoms with Crippen LogP contribution < -0.4 is 4.74 Å². The molecule has 1 fully saturated rings. The number of Topliss-reactive ketones (excluding diaryl/α,β-unsaturated/α-hetero) is 1. The van der Waals surface area contributed by atoms with Crippen molar-refractivity contribution in [3.05, 3.63) is 63.1 Å². The number of phenolic OH excluding ortho intramolecular Hbond substituents is 1. The highest BCUT2D eigenvalue weighted by Crippen LogP contribution is 2.42. The summed E-state index contributed by atoms with van der Waals surface area (Å²) in [5.74, 6) is -1.66. The minimum atomic E-state index is -0.844. The summed E-state index contributed by atoms with van der Waals surface area (Å²) >= 11 is 12.4. The highest BCUT2D eigenvalue weighted by atomic mass is 35.5. The molecule has 164 valence electrons. The Morgan fingerprint density at radius 2 is 1.81 bits per heavy atom. The molecule has 6 nitrogen and oxygen atoms in total. The molecule has 3 rings (SSSR count). The smallest absolute Gasteiger partial charge is 0.295 e. The minimum absolute atomic E-state index is 0.00724. The predicted molar refractivity (Wildman–Crippen MR) is 120 cm³/mol. The number of carbonyl (C=O) groups is 2. The zero-order valence-electron chi connectivity index (χ0n) is 17.2. The SMILES string of the molecule is CCCCCN1C(=O)C(=O)/C(=C(/O)c2cc(Cl)c(OC)c(Cl)c2)C1c1cccc(O)c1. The van der Waals surface area contributed by atoms with E-state index in [-0.39, 0.29) is 32.7 Å². The zero-order chi connectivity index (χ0) is 22.7. The van der Waals surface area contributed by atoms with Gasteiger partial charge >= 0.3 is 0 Å². The first-order valence-electron chi connectivity index (χ1n) is 9.90. The van der Waals surface area contributed by atoms with Crippen molar-refractivity contribution in [3.63, 3.8) is 0 Å². The van der Waals surface area contributed by atoms with Crippen molar-refractivity contribution >= 4 is 40.7 Å². The van der Waals surface area contributed by atoms with Crippen LogP contribution in [0.2, 0.25) is 10.0 Å². The van der Waals surface area contributed by atoms with Gasteiger partial charge in [0.05, 0.1) is 28.8 Å². The third-order valence-electron chi connectivity index (χ3n) is 5.20. The number of aliphatic hydroxyl groups is 1. The van der Waals surface area contributed by atoms with Gasteiger partial charge in [0.1, 0.15) is 11.5 Å². The molecule has 0 bridgehead atoms. The molecule has 1 atom stereocenters. The highest BCUT2D eigenvalue weighted by Gasteiger charge is 2.45. The lowest BCUT2D eigenvalue weighted by atomic mass is 9.95. The third-order valence-corrected chi connectivity index (χ3v) is 5.77. The summed E-state index contributed by atoms with van der Waals surface area (Å²) in [5.41, 5.74) is 0.625. The van der Waals surface area contributed by atoms with Crippen LogP contribution in [0, 0.1) is 0 Å². The van der Waals surface area contributed by atoms with Crippen LogP contribution in [0.4, 0.5) is 0 Å². The second-order valence-corrected chi connectivity index (χ2v) is 8.08. The van der Waals surface area contributed by atoms with E-state index in [2.05, 4.69) is 0 Å². The Morgan fingerprint density at radius 1 is 1.13 bits per heavy atom. The fourth-order valence-electron chi connectivity index (χ4n) is 3.73. The number of amides is 1. The van der Waals surface area contributed by atoms with E-state index in [0.29, 0.717) is 18.5 Å². The summed E-state index contributed by atoms with van der Waals surface area (Å²) in [4.78, 5) is 27.2. The lowest BCUT2D eigenvalue weighted by molar-refractivity contribution is -0.139. The number of aliphatic hydroxyl groups excluding tert-OH is 1. The van der Waals surface area contributed by atoms with Gasteiger partial charge in [-0.2, -0.15) is 0 Å². The summed E-state index contributed by atoms with van der Waals surface area (Å²) in [6.45, 7) is 2.39. The van der Waals surface area contributed by atoms with Crippen molar-refractivity contribution in [1.82, 2.24) is 4.90 Å². The van der Waals surface area contributed by atoms with Gasteiger partial charge in [-0.05, 0) is 36.2 Å². The quantitative estimate of drug-likeness (QED) is 0.251. The Kier molecular flexibility index (Phi) is 7.13. The first kappa shape index (κ1) is 23.0. The molecule has 2 aromatic rings. The first-order chi connectivity index (χ1) is 14.8. The summed E-state index contributed by atoms with van der Waals surface area (Å²) in [6, 6.07) is 8.29. The van der Waals surface area contributed by atoms with E-state index in [0.717, 1.165) is 12.8 Å². The van der Waals surface area contributed by atoms with Crippen LogP contribution in [0.5, 0.6) is 11.5 Å². The Hall–Kier alpha value is -2.70. The monoisotopic (exact) mass is 463 g/mol. The molecule has 2 N–H and O–H groups in total. The van der Waals surface area contributed by atoms with Crippen LogP contribution in [0.1, 0.15) is 43.4 Å². The first-order valence-corrected chi connectivity index (χ1v) is 10.7. The molecule has 1 aliphatic heterocycles. The lowest BCUT2D eigenvalue weighted by Crippen LogP contribution is -2.30. The van der Waals surface area contributed by atoms with Crippen LogP contribution in [0.25, 0.3) is 5.76 Å². The molecule has 0 saturated carbocycles. The van der Waals surface area contributed by atoms with Crippen molar-refractivity contribution in [3.8, 4) is 11.5 Å². The average Bonchev–Trinajstić information content (AvgIpc) is 2.98. The van der Waals surface area contributed by atoms with E-state index < -0.39 is 23.5 Å². The maximum absolute atomic E-state index is 13.0. The normalized spacial score (nSPS) is 17.9. The number of ether oxygens (including phenoxy) is 1. The van der Waals surface area contributed by atoms with E-state index in [1.165, 1.54) is 36.3 Å². The van der Waals surface area contributed by atoms with Crippen LogP contribution >= 0.6 is 23.2 Å². The van der Waals surface area contributed by atoms with Crippen LogP contribution in [-0.4, -0.2) is 40.5 Å². The topological polar surface area (TPSA) is 87.1 Å². The van der Waals surface area contributed by atoms with Crippen molar-refractivity contribution in [2.24, 2.45) is 0 Å². The molecule has 1 aliphatic rings. The van der Waals surface area contributed by atoms with Gasteiger partial charge in [-0.15, -0.1) is 0 Å². The summed E-state index contributed by atoms with van der Waals surface area (Å²) in [5, 5.41) is 21.3. The number of hydrogen-bond acceptors (Lipinski definition) is 5. The van der Waals surface area contributed by atoms with E-state index in [1.54, 1.807) is 12.1 Å². The average molecular weight is 464 g/mol. The van der Waals surface area contributed by atoms with Crippen molar-refractivity contribution in [2.75, 3.05) is 13.7 Å². The van der Waals surface area contributed by atoms with E-state index in [1.807, 2.05) is 6.92 Å². The van der Waals surface area contributed by atoms with E-state index in [9.17, 15) is 19.8 Å². The largest absolute Gasteiger partial charge is 0.508 e. The molecule has 2 aromatic carbocycles. The van der Waals surface area contributed by atoms with Crippen molar-refractivity contribution in [2.45, 2.75) is 32.2 Å². The second-order valence-electron chi connectivity index (χ2n) is 7.27. The van der Waals surface area contributed by atoms with E-state index >= 15 is 0 Å². The number of hydrogen-bond donors (Lipinski definition) is 2. The van der Waals surface area contributed by atoms with Gasteiger partial charge in [-0.3, -0.25) is 9.59 Å². The molecule has 8 heteroatoms. The van der Waals surface area contributed by atoms with Gasteiger partial charge in [0.15, 0.2) is 5.75 Å². The van der Waals surface area contributed by atoms with Gasteiger partial charge < -0.3 is 19.8 Å². The van der Waals surface area contributed by atoms with Crippen LogP contribution in [-0.2, 0) is 9.59 Å². The molecule has 1 heterocycles. The number of ketones is 1. The van der Waals surface area contributed by atoms with Crippen molar-refractivity contribution in [1.29, 1.82) is 0 Å². The number of unbranched alkanes of at least 4 members (excludes halogenated alkanes) is 2. The van der Waals surface area contributed by atoms with Crippen LogP contribution in [0.3, 0.4) is 0 Å². The molecule has 0 aromatic heterocycles. The highest BCUT2D eigenvalue weighted by molar-refractivity contribution is 6.46. The summed E-state index contributed by atoms with van der Waals surface area (Å²) < 4.78 is 5.13. The van der Waals surface area contributed by atoms with Crippen LogP contribution in [0.15, 0.2) is 42.0 Å². The lowest BCUT2D eigenvalue weighted by Gasteiger charge is -2.25. The molecule has 31 heavy (non-hydrogen) atoms. The third kappa shape index (κ3) is 4.50. The number of carbonyl (C=O) groups excluding carboxylic acids is 2. The molecule has 1 saturated heterocycles. The van der Waals surface area contributed by atoms with Gasteiger partial charge in [0, 0.05) is 12.1 Å². The Bertz CT molecular complexity index is 1030. The van der Waals surface area contributed by atoms with Gasteiger partial charge in [-0.1, -0.05) is 55.1 Å². The molecular weight excluding hydrogens is 441 g/mol. The molecule has 0 spiro atoms. The number of rotatable bonds is 7. The molecule has 0 radical (unpaired) electrons. The molecular formula is C23H23Cl2NO5. The Morgan fingerprint density at radius 3 is 2.39 bits per heavy atom. The zero-order valence-corrected chi connectivity index (χ0v) is 18.7. The number of phenols is 1. The number of aromatic hydroxyl groups is 1. The van der Waals surface area contributed by atoms with Gasteiger partial charge in [-0.25, -0.2) is 0 Å². The Balaban J connectivity index is 2.17. The van der Waals surface area contributed by atoms with Gasteiger partial charge in [0.25, 0.3) is 11.7 Å². The maximum atomic E-state index is 13.0. The maximum Gasteiger partial charge on any atom is 0.295 e. The Labute approximate surface area is 190 Å². The fraction of sp³-hybridized carbons (Fsp3) is 0.304. The number of methoxy groups -OCH3 is 1. The molecule has 1 unspecified atom stereocenters. The number of nitrogens with zero attached hydrogens (tertiary/aromatic N) is 1. The standard InChI is InChI=1S/C23H23Cl2NO5/c1-3-4-5-9-26-19(13-7-6-8-15(27)10-13)18(21(29)23(26)30)20(28)14-11-16(24)22(31-2)17(25)12-14/h6-8,10-12,19,27-28H,3-5,9H2,1-2H3/b20-18+. The van der Waals surface area contributed by atoms with E-state index in [4.69, 9.17) is 27.9 Å². The van der Waals surface area contributed by atoms with Crippen molar-refractivity contribution < 1.29 is 24.5 Å². The second kappa shape index (κ2) is 9.62. The molecule has 1 amide bonds. The number of benzene rings is 2. The predicted octanol–water partition coefficient (Wildman–Crippen LogP) is 5.32. The fourth-order valence-corrected chi connectivity index (χ4v) is 4.37. The van der Waals surface area contributed by atoms with Gasteiger partial charge in [0.2, 0.25) is 0 Å². The molecule has 0 aliphatic carbocycles. The number of halogens is 2. The summed E-state index contributed by atoms with van der Waals surface area (Å²) in [7, 11) is 1.41. The number of likely N-dealkylation sites (tertiary alicyclic amines) is 1. The minimum Gasteiger partial charge on any atom is -0.508 e. The summed E-state index contributed by atoms with van der Waals surface area (Å²) in [6.07, 6.45) is 2.54.